The number of nitrogens with zero attached hydrogens (tertiary/aromatic N) is 2. The highest BCUT2D eigenvalue weighted by Crippen LogP contribution is 2.24. The van der Waals surface area contributed by atoms with E-state index in [1.807, 2.05) is 6.92 Å². The van der Waals surface area contributed by atoms with Crippen LogP contribution in [0, 0.1) is 6.92 Å². The molecular formula is C16H23N3. The van der Waals surface area contributed by atoms with E-state index in [1.165, 1.54) is 5.56 Å². The molecule has 19 heavy (non-hydrogen) atoms. The number of imidazole rings is 1. The summed E-state index contributed by atoms with van der Waals surface area (Å²) in [6, 6.07) is 11.3. The van der Waals surface area contributed by atoms with Gasteiger partial charge in [0.15, 0.2) is 0 Å². The van der Waals surface area contributed by atoms with Gasteiger partial charge in [0.25, 0.3) is 0 Å². The third-order valence-corrected chi connectivity index (χ3v) is 3.32. The Morgan fingerprint density at radius 3 is 2.47 bits per heavy atom. The quantitative estimate of drug-likeness (QED) is 0.863. The molecule has 1 unspecified atom stereocenters. The molecule has 0 aliphatic heterocycles. The summed E-state index contributed by atoms with van der Waals surface area (Å²) >= 11 is 0. The van der Waals surface area contributed by atoms with E-state index in [1.54, 1.807) is 0 Å². The zero-order chi connectivity index (χ0) is 13.8. The summed E-state index contributed by atoms with van der Waals surface area (Å²) in [6.07, 6.45) is 3.14. The minimum absolute atomic E-state index is 0.306. The van der Waals surface area contributed by atoms with E-state index in [-0.39, 0.29) is 0 Å². The molecule has 1 atom stereocenters. The standard InChI is InChI=1S/C16H23N3/c1-5-15(14-9-7-6-8-10-14)18-16-17-13(4)11-19(16)12(2)3/h6-12,15H,5H2,1-4H3,(H,17,18). The van der Waals surface area contributed by atoms with Gasteiger partial charge in [-0.05, 0) is 32.8 Å². The summed E-state index contributed by atoms with van der Waals surface area (Å²) < 4.78 is 2.20. The van der Waals surface area contributed by atoms with Gasteiger partial charge < -0.3 is 9.88 Å². The van der Waals surface area contributed by atoms with E-state index in [4.69, 9.17) is 0 Å². The van der Waals surface area contributed by atoms with E-state index < -0.39 is 0 Å². The minimum Gasteiger partial charge on any atom is -0.349 e. The van der Waals surface area contributed by atoms with Gasteiger partial charge in [-0.15, -0.1) is 0 Å². The zero-order valence-corrected chi connectivity index (χ0v) is 12.2. The molecule has 0 saturated carbocycles. The maximum atomic E-state index is 4.60. The molecule has 0 saturated heterocycles. The van der Waals surface area contributed by atoms with Crippen LogP contribution < -0.4 is 5.32 Å². The molecule has 3 heteroatoms. The van der Waals surface area contributed by atoms with Gasteiger partial charge in [-0.25, -0.2) is 4.98 Å². The SMILES string of the molecule is CCC(Nc1nc(C)cn1C(C)C)c1ccccc1. The molecule has 0 fully saturated rings. The molecule has 1 N–H and O–H groups in total. The monoisotopic (exact) mass is 257 g/mol. The first-order chi connectivity index (χ1) is 9.11. The highest BCUT2D eigenvalue weighted by molar-refractivity contribution is 5.35. The van der Waals surface area contributed by atoms with Crippen LogP contribution in [0.5, 0.6) is 0 Å². The Labute approximate surface area is 115 Å². The van der Waals surface area contributed by atoms with E-state index in [2.05, 4.69) is 72.2 Å². The predicted molar refractivity (Wildman–Crippen MR) is 80.4 cm³/mol. The molecular weight excluding hydrogens is 234 g/mol. The number of anilines is 1. The van der Waals surface area contributed by atoms with E-state index in [0.717, 1.165) is 18.1 Å². The summed E-state index contributed by atoms with van der Waals surface area (Å²) in [7, 11) is 0. The van der Waals surface area contributed by atoms with Gasteiger partial charge in [-0.3, -0.25) is 0 Å². The van der Waals surface area contributed by atoms with Gasteiger partial charge in [0.2, 0.25) is 5.95 Å². The van der Waals surface area contributed by atoms with Crippen LogP contribution in [0.4, 0.5) is 5.95 Å². The van der Waals surface area contributed by atoms with Gasteiger partial charge in [0, 0.05) is 12.2 Å². The van der Waals surface area contributed by atoms with Crippen molar-refractivity contribution in [3.63, 3.8) is 0 Å². The summed E-state index contributed by atoms with van der Waals surface area (Å²) in [5.41, 5.74) is 2.36. The Morgan fingerprint density at radius 2 is 1.89 bits per heavy atom. The van der Waals surface area contributed by atoms with Crippen molar-refractivity contribution in [2.24, 2.45) is 0 Å². The van der Waals surface area contributed by atoms with Crippen LogP contribution in [0.1, 0.15) is 50.5 Å². The van der Waals surface area contributed by atoms with E-state index in [9.17, 15) is 0 Å². The molecule has 102 valence electrons. The molecule has 1 aromatic heterocycles. The highest BCUT2D eigenvalue weighted by Gasteiger charge is 2.14. The summed E-state index contributed by atoms with van der Waals surface area (Å²) in [4.78, 5) is 4.60. The van der Waals surface area contributed by atoms with Gasteiger partial charge in [-0.1, -0.05) is 37.3 Å². The molecule has 0 bridgehead atoms. The van der Waals surface area contributed by atoms with E-state index in [0.29, 0.717) is 12.1 Å². The second-order valence-electron chi connectivity index (χ2n) is 5.22. The maximum absolute atomic E-state index is 4.60. The second kappa shape index (κ2) is 5.91. The van der Waals surface area contributed by atoms with Crippen molar-refractivity contribution in [1.82, 2.24) is 9.55 Å². The number of benzene rings is 1. The molecule has 3 nitrogen and oxygen atoms in total. The van der Waals surface area contributed by atoms with Crippen molar-refractivity contribution in [1.29, 1.82) is 0 Å². The van der Waals surface area contributed by atoms with Crippen LogP contribution in [0.25, 0.3) is 0 Å². The van der Waals surface area contributed by atoms with E-state index >= 15 is 0 Å². The number of hydrogen-bond donors (Lipinski definition) is 1. The lowest BCUT2D eigenvalue weighted by Gasteiger charge is -2.20. The molecule has 0 spiro atoms. The molecule has 2 aromatic rings. The van der Waals surface area contributed by atoms with Crippen LogP contribution in [0.15, 0.2) is 36.5 Å². The lowest BCUT2D eigenvalue weighted by molar-refractivity contribution is 0.595. The number of nitrogens with one attached hydrogen (secondary N) is 1. The van der Waals surface area contributed by atoms with Crippen molar-refractivity contribution < 1.29 is 0 Å². The molecule has 2 rings (SSSR count). The van der Waals surface area contributed by atoms with Crippen molar-refractivity contribution in [3.8, 4) is 0 Å². The molecule has 0 aliphatic rings. The first-order valence-corrected chi connectivity index (χ1v) is 6.98. The van der Waals surface area contributed by atoms with Crippen LogP contribution in [-0.4, -0.2) is 9.55 Å². The number of aryl methyl sites for hydroxylation is 1. The Kier molecular flexibility index (Phi) is 4.25. The predicted octanol–water partition coefficient (Wildman–Crippen LogP) is 4.34. The van der Waals surface area contributed by atoms with Gasteiger partial charge in [-0.2, -0.15) is 0 Å². The maximum Gasteiger partial charge on any atom is 0.203 e. The minimum atomic E-state index is 0.306. The Balaban J connectivity index is 2.24. The largest absolute Gasteiger partial charge is 0.349 e. The Morgan fingerprint density at radius 1 is 1.21 bits per heavy atom. The fourth-order valence-electron chi connectivity index (χ4n) is 2.28. The first-order valence-electron chi connectivity index (χ1n) is 6.98. The van der Waals surface area contributed by atoms with Crippen molar-refractivity contribution in [3.05, 3.63) is 47.8 Å². The Bertz CT molecular complexity index is 514. The van der Waals surface area contributed by atoms with Crippen LogP contribution in [0.2, 0.25) is 0 Å². The first kappa shape index (κ1) is 13.7. The molecule has 0 aliphatic carbocycles. The molecule has 1 aromatic carbocycles. The van der Waals surface area contributed by atoms with Gasteiger partial charge >= 0.3 is 0 Å². The summed E-state index contributed by atoms with van der Waals surface area (Å²) in [6.45, 7) is 8.58. The number of rotatable bonds is 5. The van der Waals surface area contributed by atoms with Crippen molar-refractivity contribution in [2.75, 3.05) is 5.32 Å². The normalized spacial score (nSPS) is 12.7. The second-order valence-corrected chi connectivity index (χ2v) is 5.22. The van der Waals surface area contributed by atoms with Crippen LogP contribution in [-0.2, 0) is 0 Å². The highest BCUT2D eigenvalue weighted by atomic mass is 15.2. The Hall–Kier alpha value is -1.77. The fraction of sp³-hybridized carbons (Fsp3) is 0.438. The topological polar surface area (TPSA) is 29.9 Å². The summed E-state index contributed by atoms with van der Waals surface area (Å²) in [5.74, 6) is 0.961. The molecule has 1 heterocycles. The number of hydrogen-bond acceptors (Lipinski definition) is 2. The lowest BCUT2D eigenvalue weighted by Crippen LogP contribution is -2.14. The van der Waals surface area contributed by atoms with Crippen LogP contribution >= 0.6 is 0 Å². The van der Waals surface area contributed by atoms with Gasteiger partial charge in [0.1, 0.15) is 0 Å². The molecule has 0 radical (unpaired) electrons. The zero-order valence-electron chi connectivity index (χ0n) is 12.2. The van der Waals surface area contributed by atoms with Crippen molar-refractivity contribution >= 4 is 5.95 Å². The third kappa shape index (κ3) is 3.16. The smallest absolute Gasteiger partial charge is 0.203 e. The third-order valence-electron chi connectivity index (χ3n) is 3.32. The fourth-order valence-corrected chi connectivity index (χ4v) is 2.28. The lowest BCUT2D eigenvalue weighted by atomic mass is 10.1. The van der Waals surface area contributed by atoms with Gasteiger partial charge in [0.05, 0.1) is 11.7 Å². The summed E-state index contributed by atoms with van der Waals surface area (Å²) in [5, 5.41) is 3.57. The number of aromatic nitrogens is 2. The van der Waals surface area contributed by atoms with Crippen molar-refractivity contribution in [2.45, 2.75) is 46.2 Å². The molecule has 0 amide bonds. The average Bonchev–Trinajstić information content (AvgIpc) is 2.78. The average molecular weight is 257 g/mol. The van der Waals surface area contributed by atoms with Crippen LogP contribution in [0.3, 0.4) is 0 Å².